The van der Waals surface area contributed by atoms with Crippen LogP contribution >= 0.6 is 0 Å². The van der Waals surface area contributed by atoms with E-state index in [1.165, 1.54) is 12.1 Å². The third-order valence-corrected chi connectivity index (χ3v) is 5.96. The van der Waals surface area contributed by atoms with Gasteiger partial charge in [0.15, 0.2) is 0 Å². The van der Waals surface area contributed by atoms with Gasteiger partial charge in [-0.15, -0.1) is 0 Å². The number of amides is 1. The van der Waals surface area contributed by atoms with Crippen molar-refractivity contribution in [3.63, 3.8) is 0 Å². The van der Waals surface area contributed by atoms with Crippen LogP contribution in [0.2, 0.25) is 0 Å². The maximum atomic E-state index is 12.9. The number of nitrogens with one attached hydrogen (secondary N) is 1. The fourth-order valence-electron chi connectivity index (χ4n) is 3.23. The summed E-state index contributed by atoms with van der Waals surface area (Å²) in [7, 11) is -3.79. The number of hydrogen-bond donors (Lipinski definition) is 1. The van der Waals surface area contributed by atoms with E-state index in [9.17, 15) is 13.2 Å². The molecular formula is C20H32N2O4S. The van der Waals surface area contributed by atoms with Crippen LogP contribution in [0.1, 0.15) is 53.4 Å². The molecule has 1 fully saturated rings. The van der Waals surface area contributed by atoms with E-state index in [-0.39, 0.29) is 22.8 Å². The number of carbonyl (C=O) groups is 1. The maximum absolute atomic E-state index is 12.9. The number of benzene rings is 1. The molecule has 1 aliphatic rings. The van der Waals surface area contributed by atoms with E-state index in [1.807, 2.05) is 27.7 Å². The topological polar surface area (TPSA) is 75.7 Å². The standard InChI is InChI=1S/C20H32N2O4S/c1-15(2)14-19(20(23)22-12-6-5-7-13-22)21-27(24,25)18-10-8-17(9-11-18)26-16(3)4/h8-11,15-16,19,21H,5-7,12-14H2,1-4H3/t19-/m1/s1. The van der Waals surface area contributed by atoms with E-state index in [0.29, 0.717) is 25.3 Å². The van der Waals surface area contributed by atoms with Gasteiger partial charge < -0.3 is 9.64 Å². The largest absolute Gasteiger partial charge is 0.491 e. The summed E-state index contributed by atoms with van der Waals surface area (Å²) in [6.07, 6.45) is 3.57. The molecule has 1 aromatic carbocycles. The molecule has 0 radical (unpaired) electrons. The molecule has 1 heterocycles. The summed E-state index contributed by atoms with van der Waals surface area (Å²) >= 11 is 0. The molecule has 27 heavy (non-hydrogen) atoms. The third kappa shape index (κ3) is 6.50. The highest BCUT2D eigenvalue weighted by Gasteiger charge is 2.30. The van der Waals surface area contributed by atoms with Crippen LogP contribution in [0.4, 0.5) is 0 Å². The summed E-state index contributed by atoms with van der Waals surface area (Å²) < 4.78 is 33.8. The van der Waals surface area contributed by atoms with E-state index in [2.05, 4.69) is 4.72 Å². The number of piperidine rings is 1. The minimum Gasteiger partial charge on any atom is -0.491 e. The fourth-order valence-corrected chi connectivity index (χ4v) is 4.43. The quantitative estimate of drug-likeness (QED) is 0.732. The molecule has 0 saturated carbocycles. The van der Waals surface area contributed by atoms with Crippen molar-refractivity contribution in [1.29, 1.82) is 0 Å². The number of sulfonamides is 1. The van der Waals surface area contributed by atoms with Crippen LogP contribution in [0.5, 0.6) is 5.75 Å². The average molecular weight is 397 g/mol. The summed E-state index contributed by atoms with van der Waals surface area (Å²) in [6, 6.07) is 5.56. The van der Waals surface area contributed by atoms with Gasteiger partial charge in [-0.2, -0.15) is 4.72 Å². The van der Waals surface area contributed by atoms with E-state index in [1.54, 1.807) is 17.0 Å². The first-order valence-electron chi connectivity index (χ1n) is 9.77. The van der Waals surface area contributed by atoms with Gasteiger partial charge in [-0.3, -0.25) is 4.79 Å². The fraction of sp³-hybridized carbons (Fsp3) is 0.650. The zero-order valence-corrected chi connectivity index (χ0v) is 17.6. The predicted molar refractivity (Wildman–Crippen MR) is 106 cm³/mol. The molecule has 0 aliphatic carbocycles. The zero-order chi connectivity index (χ0) is 20.0. The van der Waals surface area contributed by atoms with Gasteiger partial charge in [0.1, 0.15) is 11.8 Å². The van der Waals surface area contributed by atoms with Crippen molar-refractivity contribution in [2.24, 2.45) is 5.92 Å². The number of carbonyl (C=O) groups excluding carboxylic acids is 1. The average Bonchev–Trinajstić information content (AvgIpc) is 2.60. The van der Waals surface area contributed by atoms with E-state index < -0.39 is 16.1 Å². The molecule has 0 unspecified atom stereocenters. The first-order chi connectivity index (χ1) is 12.7. The molecule has 1 saturated heterocycles. The molecule has 152 valence electrons. The molecule has 1 amide bonds. The number of hydrogen-bond acceptors (Lipinski definition) is 4. The Morgan fingerprint density at radius 2 is 1.67 bits per heavy atom. The van der Waals surface area contributed by atoms with E-state index in [4.69, 9.17) is 4.74 Å². The number of nitrogens with zero attached hydrogens (tertiary/aromatic N) is 1. The van der Waals surface area contributed by atoms with Crippen molar-refractivity contribution in [3.05, 3.63) is 24.3 Å². The van der Waals surface area contributed by atoms with Crippen LogP contribution in [-0.2, 0) is 14.8 Å². The first kappa shape index (κ1) is 21.7. The van der Waals surface area contributed by atoms with Gasteiger partial charge in [-0.05, 0) is 69.7 Å². The van der Waals surface area contributed by atoms with Gasteiger partial charge in [0, 0.05) is 13.1 Å². The van der Waals surface area contributed by atoms with Crippen molar-refractivity contribution < 1.29 is 17.9 Å². The monoisotopic (exact) mass is 396 g/mol. The number of rotatable bonds is 8. The summed E-state index contributed by atoms with van der Waals surface area (Å²) in [5.74, 6) is 0.701. The molecular weight excluding hydrogens is 364 g/mol. The predicted octanol–water partition coefficient (Wildman–Crippen LogP) is 3.18. The second-order valence-electron chi connectivity index (χ2n) is 7.83. The lowest BCUT2D eigenvalue weighted by Gasteiger charge is -2.31. The smallest absolute Gasteiger partial charge is 0.241 e. The Hall–Kier alpha value is -1.60. The van der Waals surface area contributed by atoms with Gasteiger partial charge >= 0.3 is 0 Å². The molecule has 2 rings (SSSR count). The lowest BCUT2D eigenvalue weighted by molar-refractivity contribution is -0.134. The van der Waals surface area contributed by atoms with E-state index >= 15 is 0 Å². The molecule has 0 bridgehead atoms. The second kappa shape index (κ2) is 9.55. The summed E-state index contributed by atoms with van der Waals surface area (Å²) in [4.78, 5) is 14.8. The van der Waals surface area contributed by atoms with Crippen molar-refractivity contribution in [2.75, 3.05) is 13.1 Å². The third-order valence-electron chi connectivity index (χ3n) is 4.48. The highest BCUT2D eigenvalue weighted by atomic mass is 32.2. The molecule has 7 heteroatoms. The van der Waals surface area contributed by atoms with Gasteiger partial charge in [0.25, 0.3) is 0 Å². The molecule has 6 nitrogen and oxygen atoms in total. The Morgan fingerprint density at radius 3 is 2.19 bits per heavy atom. The van der Waals surface area contributed by atoms with Crippen LogP contribution < -0.4 is 9.46 Å². The second-order valence-corrected chi connectivity index (χ2v) is 9.54. The summed E-state index contributed by atoms with van der Waals surface area (Å²) in [6.45, 7) is 9.21. The lowest BCUT2D eigenvalue weighted by atomic mass is 10.0. The molecule has 1 atom stereocenters. The molecule has 0 spiro atoms. The molecule has 1 aliphatic heterocycles. The van der Waals surface area contributed by atoms with Crippen LogP contribution in [0.3, 0.4) is 0 Å². The summed E-state index contributed by atoms with van der Waals surface area (Å²) in [5.41, 5.74) is 0. The van der Waals surface area contributed by atoms with Crippen LogP contribution in [0.25, 0.3) is 0 Å². The highest BCUT2D eigenvalue weighted by molar-refractivity contribution is 7.89. The summed E-state index contributed by atoms with van der Waals surface area (Å²) in [5, 5.41) is 0. The Morgan fingerprint density at radius 1 is 1.07 bits per heavy atom. The first-order valence-corrected chi connectivity index (χ1v) is 11.2. The van der Waals surface area contributed by atoms with Crippen molar-refractivity contribution in [2.45, 2.75) is 70.4 Å². The SMILES string of the molecule is CC(C)C[C@@H](NS(=O)(=O)c1ccc(OC(C)C)cc1)C(=O)N1CCCCC1. The minimum atomic E-state index is -3.79. The Kier molecular flexibility index (Phi) is 7.68. The van der Waals surface area contributed by atoms with E-state index in [0.717, 1.165) is 19.3 Å². The minimum absolute atomic E-state index is 0.0168. The molecule has 0 aromatic heterocycles. The Bertz CT molecular complexity index is 708. The Balaban J connectivity index is 2.15. The molecule has 1 aromatic rings. The zero-order valence-electron chi connectivity index (χ0n) is 16.8. The van der Waals surface area contributed by atoms with Crippen molar-refractivity contribution in [3.8, 4) is 5.75 Å². The van der Waals surface area contributed by atoms with Crippen molar-refractivity contribution >= 4 is 15.9 Å². The van der Waals surface area contributed by atoms with Gasteiger partial charge in [0.05, 0.1) is 11.0 Å². The number of likely N-dealkylation sites (tertiary alicyclic amines) is 1. The van der Waals surface area contributed by atoms with Crippen LogP contribution in [-0.4, -0.2) is 44.5 Å². The number of ether oxygens (including phenoxy) is 1. The maximum Gasteiger partial charge on any atom is 0.241 e. The normalized spacial score (nSPS) is 16.6. The van der Waals surface area contributed by atoms with Crippen LogP contribution in [0.15, 0.2) is 29.2 Å². The highest BCUT2D eigenvalue weighted by Crippen LogP contribution is 2.19. The lowest BCUT2D eigenvalue weighted by Crippen LogP contribution is -2.50. The van der Waals surface area contributed by atoms with Gasteiger partial charge in [-0.1, -0.05) is 13.8 Å². The van der Waals surface area contributed by atoms with Crippen molar-refractivity contribution in [1.82, 2.24) is 9.62 Å². The Labute approximate surface area is 163 Å². The van der Waals surface area contributed by atoms with Crippen LogP contribution in [0, 0.1) is 5.92 Å². The van der Waals surface area contributed by atoms with Gasteiger partial charge in [-0.25, -0.2) is 8.42 Å². The molecule has 1 N–H and O–H groups in total. The van der Waals surface area contributed by atoms with Gasteiger partial charge in [0.2, 0.25) is 15.9 Å².